The molecule has 0 fully saturated rings. The van der Waals surface area contributed by atoms with E-state index in [1.54, 1.807) is 6.92 Å². The Kier molecular flexibility index (Phi) is 4.55. The minimum absolute atomic E-state index is 0. The van der Waals surface area contributed by atoms with Crippen LogP contribution < -0.4 is 5.32 Å². The summed E-state index contributed by atoms with van der Waals surface area (Å²) in [6.07, 6.45) is 0.489. The number of carbonyl (C=O) groups is 1. The van der Waals surface area contributed by atoms with Gasteiger partial charge < -0.3 is 10.1 Å². The van der Waals surface area contributed by atoms with Gasteiger partial charge in [-0.25, -0.2) is 4.79 Å². The molecule has 0 aliphatic carbocycles. The molecule has 14 heavy (non-hydrogen) atoms. The lowest BCUT2D eigenvalue weighted by Gasteiger charge is -2.04. The Labute approximate surface area is 85.6 Å². The summed E-state index contributed by atoms with van der Waals surface area (Å²) in [7, 11) is 0. The summed E-state index contributed by atoms with van der Waals surface area (Å²) < 4.78 is 4.73. The smallest absolute Gasteiger partial charge is 0.407 e. The van der Waals surface area contributed by atoms with E-state index < -0.39 is 0 Å². The third-order valence-corrected chi connectivity index (χ3v) is 1.80. The van der Waals surface area contributed by atoms with Crippen molar-refractivity contribution < 1.29 is 11.0 Å². The van der Waals surface area contributed by atoms with E-state index in [0.717, 1.165) is 6.42 Å². The Hall–Kier alpha value is -1.51. The summed E-state index contributed by atoms with van der Waals surface area (Å²) in [4.78, 5) is 10.9. The first kappa shape index (κ1) is 10.6. The zero-order valence-electron chi connectivity index (χ0n) is 8.32. The first-order chi connectivity index (χ1) is 6.83. The zero-order valence-corrected chi connectivity index (χ0v) is 8.32. The lowest BCUT2D eigenvalue weighted by molar-refractivity contribution is 0.152. The van der Waals surface area contributed by atoms with Gasteiger partial charge in [0.1, 0.15) is 0 Å². The maximum atomic E-state index is 10.9. The largest absolute Gasteiger partial charge is 0.450 e. The molecule has 1 aromatic rings. The van der Waals surface area contributed by atoms with Gasteiger partial charge in [0.05, 0.1) is 6.61 Å². The van der Waals surface area contributed by atoms with Crippen LogP contribution in [0.5, 0.6) is 0 Å². The second-order valence-corrected chi connectivity index (χ2v) is 2.88. The number of rotatable bonds is 4. The fourth-order valence-electron chi connectivity index (χ4n) is 1.14. The van der Waals surface area contributed by atoms with Crippen LogP contribution in [0.1, 0.15) is 13.9 Å². The quantitative estimate of drug-likeness (QED) is 0.800. The number of alkyl carbamates (subject to hydrolysis) is 1. The molecule has 0 heterocycles. The Balaban J connectivity index is 0.00000196. The van der Waals surface area contributed by atoms with Crippen LogP contribution in [0.4, 0.5) is 4.79 Å². The fourth-order valence-corrected chi connectivity index (χ4v) is 1.14. The van der Waals surface area contributed by atoms with E-state index >= 15 is 0 Å². The molecule has 0 unspecified atom stereocenters. The summed E-state index contributed by atoms with van der Waals surface area (Å²) in [5.41, 5.74) is 1.21. The molecule has 1 amide bonds. The van der Waals surface area contributed by atoms with E-state index in [4.69, 9.17) is 4.74 Å². The van der Waals surface area contributed by atoms with E-state index in [9.17, 15) is 4.79 Å². The average Bonchev–Trinajstić information content (AvgIpc) is 2.20. The van der Waals surface area contributed by atoms with Crippen molar-refractivity contribution in [3.63, 3.8) is 0 Å². The van der Waals surface area contributed by atoms with Crippen LogP contribution in [0.3, 0.4) is 0 Å². The maximum absolute atomic E-state index is 10.9. The van der Waals surface area contributed by atoms with Gasteiger partial charge in [0.2, 0.25) is 0 Å². The van der Waals surface area contributed by atoms with Crippen molar-refractivity contribution >= 4 is 6.09 Å². The lowest BCUT2D eigenvalue weighted by atomic mass is 10.1. The van der Waals surface area contributed by atoms with E-state index in [2.05, 4.69) is 5.32 Å². The summed E-state index contributed by atoms with van der Waals surface area (Å²) in [6.45, 7) is 2.82. The Bertz CT molecular complexity index is 277. The molecule has 0 atom stereocenters. The third kappa shape index (κ3) is 3.94. The van der Waals surface area contributed by atoms with Crippen LogP contribution >= 0.6 is 0 Å². The predicted molar refractivity (Wildman–Crippen MR) is 57.3 cm³/mol. The number of hydrogen-bond acceptors (Lipinski definition) is 2. The monoisotopic (exact) mass is 195 g/mol. The van der Waals surface area contributed by atoms with Crippen molar-refractivity contribution in [1.29, 1.82) is 0 Å². The van der Waals surface area contributed by atoms with Gasteiger partial charge in [0, 0.05) is 7.97 Å². The molecule has 0 spiro atoms. The molecule has 3 heteroatoms. The first-order valence-electron chi connectivity index (χ1n) is 4.77. The van der Waals surface area contributed by atoms with Crippen molar-refractivity contribution in [3.05, 3.63) is 35.9 Å². The minimum Gasteiger partial charge on any atom is -0.450 e. The molecule has 0 aliphatic heterocycles. The van der Waals surface area contributed by atoms with Gasteiger partial charge in [-0.1, -0.05) is 30.3 Å². The van der Waals surface area contributed by atoms with Crippen molar-refractivity contribution in [2.24, 2.45) is 0 Å². The van der Waals surface area contributed by atoms with E-state index in [0.29, 0.717) is 13.2 Å². The number of ether oxygens (including phenoxy) is 1. The van der Waals surface area contributed by atoms with E-state index in [1.165, 1.54) is 5.56 Å². The van der Waals surface area contributed by atoms with Crippen molar-refractivity contribution in [2.75, 3.05) is 13.2 Å². The maximum Gasteiger partial charge on any atom is 0.407 e. The summed E-state index contributed by atoms with van der Waals surface area (Å²) in [5.74, 6) is 0. The van der Waals surface area contributed by atoms with Crippen LogP contribution in [0, 0.1) is 0 Å². The predicted octanol–water partition coefficient (Wildman–Crippen LogP) is 2.22. The molecule has 0 aliphatic rings. The molecule has 3 nitrogen and oxygen atoms in total. The standard InChI is InChI=1S/C11H15NO2.H2/c1-2-14-11(13)12-9-8-10-6-4-3-5-7-10;/h3-7H,2,8-9H2,1H3,(H,12,13);1H. The first-order valence-corrected chi connectivity index (χ1v) is 4.77. The molecular formula is C11H17NO2. The van der Waals surface area contributed by atoms with Gasteiger partial charge >= 0.3 is 6.09 Å². The van der Waals surface area contributed by atoms with Crippen LogP contribution in [0.2, 0.25) is 0 Å². The van der Waals surface area contributed by atoms with Crippen molar-refractivity contribution in [2.45, 2.75) is 13.3 Å². The highest BCUT2D eigenvalue weighted by Gasteiger charge is 1.98. The molecule has 0 saturated heterocycles. The number of benzene rings is 1. The summed E-state index contributed by atoms with van der Waals surface area (Å²) >= 11 is 0. The normalized spacial score (nSPS) is 9.50. The molecule has 0 radical (unpaired) electrons. The third-order valence-electron chi connectivity index (χ3n) is 1.80. The zero-order chi connectivity index (χ0) is 10.2. The lowest BCUT2D eigenvalue weighted by Crippen LogP contribution is -2.26. The van der Waals surface area contributed by atoms with Gasteiger partial charge in [0.15, 0.2) is 0 Å². The molecular weight excluding hydrogens is 178 g/mol. The van der Waals surface area contributed by atoms with Gasteiger partial charge in [0.25, 0.3) is 0 Å². The van der Waals surface area contributed by atoms with Gasteiger partial charge in [-0.3, -0.25) is 0 Å². The van der Waals surface area contributed by atoms with Crippen LogP contribution in [0.25, 0.3) is 0 Å². The topological polar surface area (TPSA) is 38.3 Å². The van der Waals surface area contributed by atoms with Crippen LogP contribution in [0.15, 0.2) is 30.3 Å². The Morgan fingerprint density at radius 2 is 2.14 bits per heavy atom. The van der Waals surface area contributed by atoms with Gasteiger partial charge in [-0.2, -0.15) is 0 Å². The van der Waals surface area contributed by atoms with E-state index in [1.807, 2.05) is 30.3 Å². The fraction of sp³-hybridized carbons (Fsp3) is 0.364. The van der Waals surface area contributed by atoms with Crippen molar-refractivity contribution in [3.8, 4) is 0 Å². The molecule has 1 rings (SSSR count). The molecule has 0 aromatic heterocycles. The van der Waals surface area contributed by atoms with Gasteiger partial charge in [-0.15, -0.1) is 0 Å². The van der Waals surface area contributed by atoms with Crippen LogP contribution in [-0.2, 0) is 11.2 Å². The number of amides is 1. The number of hydrogen-bond donors (Lipinski definition) is 1. The highest BCUT2D eigenvalue weighted by atomic mass is 16.5. The Morgan fingerprint density at radius 3 is 2.79 bits per heavy atom. The van der Waals surface area contributed by atoms with E-state index in [-0.39, 0.29) is 7.52 Å². The number of nitrogens with one attached hydrogen (secondary N) is 1. The van der Waals surface area contributed by atoms with Crippen molar-refractivity contribution in [1.82, 2.24) is 5.32 Å². The molecule has 0 saturated carbocycles. The Morgan fingerprint density at radius 1 is 1.43 bits per heavy atom. The SMILES string of the molecule is CCOC(=O)NCCc1ccccc1.[HH]. The highest BCUT2D eigenvalue weighted by Crippen LogP contribution is 1.97. The average molecular weight is 195 g/mol. The summed E-state index contributed by atoms with van der Waals surface area (Å²) in [5, 5.41) is 2.67. The minimum atomic E-state index is -0.344. The molecule has 78 valence electrons. The van der Waals surface area contributed by atoms with Crippen LogP contribution in [-0.4, -0.2) is 19.2 Å². The number of carbonyl (C=O) groups excluding carboxylic acids is 1. The highest BCUT2D eigenvalue weighted by molar-refractivity contribution is 5.67. The molecule has 1 aromatic carbocycles. The molecule has 0 bridgehead atoms. The second kappa shape index (κ2) is 6.02. The molecule has 1 N–H and O–H groups in total. The summed E-state index contributed by atoms with van der Waals surface area (Å²) in [6, 6.07) is 10.0. The van der Waals surface area contributed by atoms with Gasteiger partial charge in [-0.05, 0) is 18.9 Å². The second-order valence-electron chi connectivity index (χ2n) is 2.88.